The lowest BCUT2D eigenvalue weighted by molar-refractivity contribution is -0.144. The number of rotatable bonds is 15. The van der Waals surface area contributed by atoms with Crippen molar-refractivity contribution < 1.29 is 33.9 Å². The number of carboxylic acid groups (broad SMARTS) is 1. The van der Waals surface area contributed by atoms with Gasteiger partial charge in [-0.05, 0) is 96.3 Å². The maximum absolute atomic E-state index is 14.3. The second-order valence-corrected chi connectivity index (χ2v) is 14.9. The molecule has 0 spiro atoms. The summed E-state index contributed by atoms with van der Waals surface area (Å²) < 4.78 is 0. The van der Waals surface area contributed by atoms with Crippen LogP contribution in [0.1, 0.15) is 79.0 Å². The second-order valence-electron chi connectivity index (χ2n) is 14.9. The summed E-state index contributed by atoms with van der Waals surface area (Å²) in [6, 6.07) is 25.3. The van der Waals surface area contributed by atoms with Crippen molar-refractivity contribution in [1.29, 1.82) is 0 Å². The Kier molecular flexibility index (Phi) is 15.5. The maximum Gasteiger partial charge on any atom is 0.326 e. The van der Waals surface area contributed by atoms with Gasteiger partial charge in [0.25, 0.3) is 5.91 Å². The SMILES string of the molecule is CCCc1ccc(-c2ccc(C(=O)NCCC(=O)NC(CCCCN)C(=O)N(C)[C@@H]3C(=O)N[C@@H](C)C(=O)N[C@H](C(=O)O)Cc4cccc(c4)-c4cccc3c4)cc2)cc1. The van der Waals surface area contributed by atoms with E-state index < -0.39 is 53.8 Å². The van der Waals surface area contributed by atoms with Gasteiger partial charge in [-0.25, -0.2) is 4.79 Å². The van der Waals surface area contributed by atoms with E-state index in [2.05, 4.69) is 52.5 Å². The lowest BCUT2D eigenvalue weighted by Gasteiger charge is -2.32. The van der Waals surface area contributed by atoms with E-state index in [0.29, 0.717) is 36.1 Å². The first kappa shape index (κ1) is 43.8. The number of fused-ring (bicyclic) bond motifs is 5. The predicted molar refractivity (Wildman–Crippen MR) is 226 cm³/mol. The topological polar surface area (TPSA) is 200 Å². The van der Waals surface area contributed by atoms with Crippen molar-refractivity contribution in [2.24, 2.45) is 5.73 Å². The van der Waals surface area contributed by atoms with Crippen molar-refractivity contribution in [3.8, 4) is 22.3 Å². The fraction of sp³-hybridized carbons (Fsp3) is 0.348. The third kappa shape index (κ3) is 11.9. The second kappa shape index (κ2) is 20.9. The number of aliphatic carboxylic acids is 1. The van der Waals surface area contributed by atoms with Crippen LogP contribution in [0.25, 0.3) is 22.3 Å². The molecule has 5 amide bonds. The Labute approximate surface area is 345 Å². The number of carboxylic acids is 1. The van der Waals surface area contributed by atoms with E-state index in [4.69, 9.17) is 5.73 Å². The summed E-state index contributed by atoms with van der Waals surface area (Å²) in [6.07, 6.45) is 3.37. The molecule has 13 nitrogen and oxygen atoms in total. The first-order valence-corrected chi connectivity index (χ1v) is 20.1. The van der Waals surface area contributed by atoms with Crippen molar-refractivity contribution in [3.63, 3.8) is 0 Å². The van der Waals surface area contributed by atoms with Crippen LogP contribution in [0.2, 0.25) is 0 Å². The number of hydrogen-bond acceptors (Lipinski definition) is 7. The van der Waals surface area contributed by atoms with Crippen LogP contribution in [0.3, 0.4) is 0 Å². The fourth-order valence-corrected chi connectivity index (χ4v) is 7.16. The highest BCUT2D eigenvalue weighted by atomic mass is 16.4. The first-order valence-electron chi connectivity index (χ1n) is 20.1. The number of hydrogen-bond donors (Lipinski definition) is 6. The summed E-state index contributed by atoms with van der Waals surface area (Å²) >= 11 is 0. The number of nitrogens with one attached hydrogen (secondary N) is 4. The van der Waals surface area contributed by atoms with Gasteiger partial charge < -0.3 is 37.0 Å². The largest absolute Gasteiger partial charge is 0.480 e. The zero-order valence-electron chi connectivity index (χ0n) is 33.8. The van der Waals surface area contributed by atoms with E-state index in [1.54, 1.807) is 42.5 Å². The highest BCUT2D eigenvalue weighted by Gasteiger charge is 2.35. The molecule has 0 aromatic heterocycles. The molecule has 5 rings (SSSR count). The molecule has 0 fully saturated rings. The highest BCUT2D eigenvalue weighted by Crippen LogP contribution is 2.29. The standard InChI is InChI=1S/C46H54N6O7/c1-4-9-30-15-17-32(18-16-30)33-19-21-34(22-20-33)43(55)48-25-23-40(53)50-38(14-5-6-24-47)45(57)52(3)41-37-13-8-12-36(28-37)35-11-7-10-31(26-35)27-39(46(58)59)51-42(54)29(2)49-44(41)56/h7-8,10-13,15-22,26,28-29,38-39,41H,4-6,9,14,23-25,27,47H2,1-3H3,(H,48,55)(H,49,56)(H,50,53)(H,51,54)(H,58,59)/t29-,38?,39-,41-/m0/s1. The zero-order chi connectivity index (χ0) is 42.5. The molecule has 59 heavy (non-hydrogen) atoms. The molecule has 4 aromatic carbocycles. The Balaban J connectivity index is 1.29. The predicted octanol–water partition coefficient (Wildman–Crippen LogP) is 4.54. The van der Waals surface area contributed by atoms with Gasteiger partial charge in [0.2, 0.25) is 23.6 Å². The van der Waals surface area contributed by atoms with Gasteiger partial charge in [-0.3, -0.25) is 24.0 Å². The molecular weight excluding hydrogens is 749 g/mol. The number of benzene rings is 4. The third-order valence-electron chi connectivity index (χ3n) is 10.4. The van der Waals surface area contributed by atoms with Gasteiger partial charge in [0.05, 0.1) is 0 Å². The summed E-state index contributed by atoms with van der Waals surface area (Å²) in [7, 11) is 1.46. The van der Waals surface area contributed by atoms with Gasteiger partial charge in [0.15, 0.2) is 0 Å². The van der Waals surface area contributed by atoms with E-state index >= 15 is 0 Å². The number of carbonyl (C=O) groups is 6. The summed E-state index contributed by atoms with van der Waals surface area (Å²) in [5.74, 6) is -3.96. The average molecular weight is 803 g/mol. The minimum absolute atomic E-state index is 0.0204. The molecule has 13 heteroatoms. The van der Waals surface area contributed by atoms with Crippen LogP contribution in [0.5, 0.6) is 0 Å². The molecule has 1 heterocycles. The van der Waals surface area contributed by atoms with Crippen molar-refractivity contribution in [1.82, 2.24) is 26.2 Å². The Hall–Kier alpha value is -6.34. The number of nitrogens with zero attached hydrogens (tertiary/aromatic N) is 1. The maximum atomic E-state index is 14.3. The summed E-state index contributed by atoms with van der Waals surface area (Å²) in [5.41, 5.74) is 12.1. The molecule has 1 aliphatic heterocycles. The van der Waals surface area contributed by atoms with Gasteiger partial charge in [-0.15, -0.1) is 0 Å². The molecule has 0 saturated heterocycles. The van der Waals surface area contributed by atoms with Crippen LogP contribution in [0.15, 0.2) is 97.1 Å². The van der Waals surface area contributed by atoms with Crippen LogP contribution < -0.4 is 27.0 Å². The molecule has 4 atom stereocenters. The number of aryl methyl sites for hydroxylation is 1. The molecule has 0 radical (unpaired) electrons. The highest BCUT2D eigenvalue weighted by molar-refractivity contribution is 5.96. The van der Waals surface area contributed by atoms with Crippen LogP contribution in [0.4, 0.5) is 0 Å². The lowest BCUT2D eigenvalue weighted by atomic mass is 9.95. The Morgan fingerprint density at radius 3 is 2.17 bits per heavy atom. The van der Waals surface area contributed by atoms with E-state index in [0.717, 1.165) is 35.1 Å². The lowest BCUT2D eigenvalue weighted by Crippen LogP contribution is -2.54. The van der Waals surface area contributed by atoms with Crippen LogP contribution >= 0.6 is 0 Å². The van der Waals surface area contributed by atoms with Gasteiger partial charge in [0.1, 0.15) is 24.2 Å². The molecule has 4 aromatic rings. The number of nitrogens with two attached hydrogens (primary N) is 1. The Morgan fingerprint density at radius 1 is 0.847 bits per heavy atom. The minimum atomic E-state index is -1.25. The molecule has 0 aliphatic carbocycles. The quantitative estimate of drug-likeness (QED) is 0.0942. The van der Waals surface area contributed by atoms with Crippen molar-refractivity contribution in [2.45, 2.75) is 83.0 Å². The smallest absolute Gasteiger partial charge is 0.326 e. The fourth-order valence-electron chi connectivity index (χ4n) is 7.16. The number of unbranched alkanes of at least 4 members (excludes halogenated alkanes) is 1. The number of amides is 5. The monoisotopic (exact) mass is 802 g/mol. The first-order chi connectivity index (χ1) is 28.4. The Morgan fingerprint density at radius 2 is 1.51 bits per heavy atom. The van der Waals surface area contributed by atoms with Crippen molar-refractivity contribution in [2.75, 3.05) is 20.1 Å². The van der Waals surface area contributed by atoms with Crippen molar-refractivity contribution >= 4 is 35.5 Å². The molecule has 310 valence electrons. The zero-order valence-corrected chi connectivity index (χ0v) is 33.8. The summed E-state index contributed by atoms with van der Waals surface area (Å²) in [5, 5.41) is 20.7. The molecule has 1 aliphatic rings. The number of likely N-dealkylation sites (N-methyl/N-ethyl adjacent to an activating group) is 1. The summed E-state index contributed by atoms with van der Waals surface area (Å²) in [6.45, 7) is 3.98. The minimum Gasteiger partial charge on any atom is -0.480 e. The van der Waals surface area contributed by atoms with Gasteiger partial charge >= 0.3 is 5.97 Å². The van der Waals surface area contributed by atoms with Gasteiger partial charge in [0, 0.05) is 32.0 Å². The number of carbonyl (C=O) groups excluding carboxylic acids is 5. The van der Waals surface area contributed by atoms with Crippen LogP contribution in [0, 0.1) is 0 Å². The molecule has 1 unspecified atom stereocenters. The molecule has 4 bridgehead atoms. The molecule has 7 N–H and O–H groups in total. The average Bonchev–Trinajstić information content (AvgIpc) is 3.23. The van der Waals surface area contributed by atoms with Gasteiger partial charge in [-0.1, -0.05) is 92.2 Å². The van der Waals surface area contributed by atoms with E-state index in [-0.39, 0.29) is 31.7 Å². The van der Waals surface area contributed by atoms with Crippen molar-refractivity contribution in [3.05, 3.63) is 119 Å². The van der Waals surface area contributed by atoms with Crippen LogP contribution in [-0.4, -0.2) is 83.8 Å². The van der Waals surface area contributed by atoms with E-state index in [1.807, 2.05) is 30.3 Å². The van der Waals surface area contributed by atoms with Crippen LogP contribution in [-0.2, 0) is 36.8 Å². The third-order valence-corrected chi connectivity index (χ3v) is 10.4. The van der Waals surface area contributed by atoms with Gasteiger partial charge in [-0.2, -0.15) is 0 Å². The van der Waals surface area contributed by atoms with E-state index in [9.17, 15) is 33.9 Å². The van der Waals surface area contributed by atoms with E-state index in [1.165, 1.54) is 24.4 Å². The molecule has 0 saturated carbocycles. The Bertz CT molecular complexity index is 2120. The summed E-state index contributed by atoms with van der Waals surface area (Å²) in [4.78, 5) is 81.2. The normalized spacial score (nSPS) is 17.1. The molecular formula is C46H54N6O7.